The van der Waals surface area contributed by atoms with Crippen molar-refractivity contribution < 1.29 is 29.0 Å². The van der Waals surface area contributed by atoms with Gasteiger partial charge in [-0.05, 0) is 62.8 Å². The van der Waals surface area contributed by atoms with Gasteiger partial charge in [0.25, 0.3) is 0 Å². The molecular formula is C35H45N6O6-. The minimum Gasteiger partial charge on any atom is -0.550 e. The quantitative estimate of drug-likeness (QED) is 0.106. The van der Waals surface area contributed by atoms with Crippen LogP contribution in [-0.4, -0.2) is 48.0 Å². The molecule has 0 saturated heterocycles. The van der Waals surface area contributed by atoms with E-state index in [0.29, 0.717) is 25.9 Å². The summed E-state index contributed by atoms with van der Waals surface area (Å²) in [4.78, 5) is 51.9. The van der Waals surface area contributed by atoms with Crippen LogP contribution in [0.25, 0.3) is 0 Å². The highest BCUT2D eigenvalue weighted by molar-refractivity contribution is 5.92. The number of benzene rings is 3. The maximum absolute atomic E-state index is 13.7. The number of hydrogen-bond donors (Lipinski definition) is 5. The number of nitrogens with one attached hydrogen (secondary N) is 3. The first-order chi connectivity index (χ1) is 22.2. The van der Waals surface area contributed by atoms with E-state index < -0.39 is 29.6 Å². The highest BCUT2D eigenvalue weighted by Crippen LogP contribution is 2.25. The predicted octanol–water partition coefficient (Wildman–Crippen LogP) is 2.45. The molecule has 0 spiro atoms. The van der Waals surface area contributed by atoms with E-state index in [0.717, 1.165) is 29.2 Å². The summed E-state index contributed by atoms with van der Waals surface area (Å²) in [7, 11) is 0. The molecule has 0 aromatic heterocycles. The van der Waals surface area contributed by atoms with E-state index in [2.05, 4.69) is 20.9 Å². The topological polar surface area (TPSA) is 201 Å². The van der Waals surface area contributed by atoms with Crippen LogP contribution in [0.1, 0.15) is 68.7 Å². The summed E-state index contributed by atoms with van der Waals surface area (Å²) in [5, 5.41) is 17.5. The van der Waals surface area contributed by atoms with Gasteiger partial charge in [-0.3, -0.25) is 14.6 Å². The van der Waals surface area contributed by atoms with Gasteiger partial charge in [-0.1, -0.05) is 84.9 Å². The molecule has 0 aliphatic heterocycles. The number of nitrogens with zero attached hydrogens (tertiary/aromatic N) is 1. The summed E-state index contributed by atoms with van der Waals surface area (Å²) in [6.07, 6.45) is 0.357. The van der Waals surface area contributed by atoms with Crippen LogP contribution in [-0.2, 0) is 32.2 Å². The molecule has 3 amide bonds. The van der Waals surface area contributed by atoms with Crippen LogP contribution in [0, 0.1) is 0 Å². The molecule has 7 N–H and O–H groups in total. The summed E-state index contributed by atoms with van der Waals surface area (Å²) < 4.78 is 5.26. The summed E-state index contributed by atoms with van der Waals surface area (Å²) in [6, 6.07) is 25.6. The Morgan fingerprint density at radius 3 is 1.70 bits per heavy atom. The number of ether oxygens (including phenoxy) is 1. The fourth-order valence-corrected chi connectivity index (χ4v) is 4.39. The molecule has 0 fully saturated rings. The minimum absolute atomic E-state index is 0.0250. The van der Waals surface area contributed by atoms with E-state index in [4.69, 9.17) is 26.1 Å². The highest BCUT2D eigenvalue weighted by atomic mass is 16.6. The zero-order valence-electron chi connectivity index (χ0n) is 27.3. The van der Waals surface area contributed by atoms with Gasteiger partial charge in [0.2, 0.25) is 11.8 Å². The Morgan fingerprint density at radius 2 is 1.26 bits per heavy atom. The number of rotatable bonds is 13. The number of guanidine groups is 1. The minimum atomic E-state index is -1.08. The number of alkyl carbamates (subject to hydrolysis) is 1. The van der Waals surface area contributed by atoms with Gasteiger partial charge in [-0.15, -0.1) is 0 Å². The lowest BCUT2D eigenvalue weighted by Crippen LogP contribution is -2.48. The summed E-state index contributed by atoms with van der Waals surface area (Å²) >= 11 is 0. The van der Waals surface area contributed by atoms with Crippen molar-refractivity contribution in [3.63, 3.8) is 0 Å². The van der Waals surface area contributed by atoms with E-state index in [1.807, 2.05) is 84.9 Å². The Hall–Kier alpha value is -5.39. The lowest BCUT2D eigenvalue weighted by molar-refractivity contribution is -0.302. The number of carboxylic acids is 1. The third kappa shape index (κ3) is 15.4. The van der Waals surface area contributed by atoms with Crippen LogP contribution in [0.5, 0.6) is 0 Å². The lowest BCUT2D eigenvalue weighted by Gasteiger charge is -2.23. The van der Waals surface area contributed by atoms with Crippen molar-refractivity contribution in [3.05, 3.63) is 107 Å². The van der Waals surface area contributed by atoms with E-state index >= 15 is 0 Å². The second kappa shape index (κ2) is 19.2. The van der Waals surface area contributed by atoms with Gasteiger partial charge < -0.3 is 42.1 Å². The molecule has 252 valence electrons. The molecule has 1 atom stereocenters. The maximum atomic E-state index is 13.7. The van der Waals surface area contributed by atoms with Crippen LogP contribution < -0.4 is 32.5 Å². The Bertz CT molecular complexity index is 1410. The standard InChI is InChI=1S/C33H42N6O4.C2H4O2/c1-33(2,3)43-32(42)38-22-24-18-16-23(17-19-24)21-37-29(40)27(15-10-20-36-31(34)35)39-30(41)28(25-11-6-4-7-12-25)26-13-8-5-9-14-26;1-2(3)4/h4-9,11-14,16-19,27-28H,10,15,20-22H2,1-3H3,(H,37,40)(H,38,42)(H,39,41)(H4,34,35,36);1H3,(H,3,4)/p-1/t27-;/m1./s1. The molecule has 0 aliphatic rings. The van der Waals surface area contributed by atoms with Crippen molar-refractivity contribution in [1.29, 1.82) is 0 Å². The number of nitrogens with two attached hydrogens (primary N) is 2. The molecule has 12 heteroatoms. The zero-order valence-corrected chi connectivity index (χ0v) is 27.3. The van der Waals surface area contributed by atoms with Crippen molar-refractivity contribution in [2.24, 2.45) is 16.5 Å². The second-order valence-corrected chi connectivity index (χ2v) is 11.6. The molecule has 47 heavy (non-hydrogen) atoms. The Balaban J connectivity index is 0.00000181. The third-order valence-electron chi connectivity index (χ3n) is 6.43. The van der Waals surface area contributed by atoms with Crippen molar-refractivity contribution in [3.8, 4) is 0 Å². The monoisotopic (exact) mass is 645 g/mol. The van der Waals surface area contributed by atoms with Crippen molar-refractivity contribution in [1.82, 2.24) is 16.0 Å². The molecule has 0 heterocycles. The molecular weight excluding hydrogens is 600 g/mol. The highest BCUT2D eigenvalue weighted by Gasteiger charge is 2.27. The van der Waals surface area contributed by atoms with Crippen LogP contribution in [0.3, 0.4) is 0 Å². The van der Waals surface area contributed by atoms with E-state index in [1.54, 1.807) is 20.8 Å². The fourth-order valence-electron chi connectivity index (χ4n) is 4.39. The Kier molecular flexibility index (Phi) is 15.4. The van der Waals surface area contributed by atoms with Crippen LogP contribution >= 0.6 is 0 Å². The first-order valence-electron chi connectivity index (χ1n) is 15.2. The fraction of sp³-hybridized carbons (Fsp3) is 0.343. The SMILES string of the molecule is CC(=O)[O-].CC(C)(C)OC(=O)NCc1ccc(CNC(=O)[C@@H](CCCN=C(N)N)NC(=O)C(c2ccccc2)c2ccccc2)cc1. The van der Waals surface area contributed by atoms with Gasteiger partial charge >= 0.3 is 6.09 Å². The molecule has 0 unspecified atom stereocenters. The van der Waals surface area contributed by atoms with Crippen molar-refractivity contribution >= 4 is 29.8 Å². The maximum Gasteiger partial charge on any atom is 0.407 e. The average Bonchev–Trinajstić information content (AvgIpc) is 3.01. The van der Waals surface area contributed by atoms with Gasteiger partial charge in [0.15, 0.2) is 5.96 Å². The van der Waals surface area contributed by atoms with Crippen molar-refractivity contribution in [2.75, 3.05) is 6.54 Å². The molecule has 3 aromatic rings. The van der Waals surface area contributed by atoms with Crippen LogP contribution in [0.15, 0.2) is 89.9 Å². The zero-order chi connectivity index (χ0) is 34.8. The molecule has 0 saturated carbocycles. The van der Waals surface area contributed by atoms with Gasteiger partial charge in [0, 0.05) is 25.6 Å². The molecule has 0 aliphatic carbocycles. The molecule has 12 nitrogen and oxygen atoms in total. The number of aliphatic carboxylic acids is 1. The Morgan fingerprint density at radius 1 is 0.787 bits per heavy atom. The van der Waals surface area contributed by atoms with Gasteiger partial charge in [0.05, 0.1) is 5.92 Å². The number of carbonyl (C=O) groups is 4. The largest absolute Gasteiger partial charge is 0.550 e. The van der Waals surface area contributed by atoms with E-state index in [9.17, 15) is 14.4 Å². The first-order valence-corrected chi connectivity index (χ1v) is 15.2. The smallest absolute Gasteiger partial charge is 0.407 e. The van der Waals surface area contributed by atoms with Crippen molar-refractivity contribution in [2.45, 2.75) is 71.2 Å². The van der Waals surface area contributed by atoms with Gasteiger partial charge in [-0.2, -0.15) is 0 Å². The average molecular weight is 646 g/mol. The first kappa shape index (κ1) is 37.8. The Labute approximate surface area is 276 Å². The molecule has 3 aromatic carbocycles. The number of carboxylic acid groups (broad SMARTS) is 1. The summed E-state index contributed by atoms with van der Waals surface area (Å²) in [5.41, 5.74) is 13.7. The number of amides is 3. The van der Waals surface area contributed by atoms with E-state index in [-0.39, 0.29) is 24.3 Å². The normalized spacial score (nSPS) is 11.3. The number of hydrogen-bond acceptors (Lipinski definition) is 7. The molecule has 0 bridgehead atoms. The molecule has 3 rings (SSSR count). The lowest BCUT2D eigenvalue weighted by atomic mass is 9.90. The van der Waals surface area contributed by atoms with Gasteiger partial charge in [0.1, 0.15) is 11.6 Å². The predicted molar refractivity (Wildman–Crippen MR) is 179 cm³/mol. The van der Waals surface area contributed by atoms with Crippen LogP contribution in [0.2, 0.25) is 0 Å². The van der Waals surface area contributed by atoms with Crippen LogP contribution in [0.4, 0.5) is 4.79 Å². The summed E-state index contributed by atoms with van der Waals surface area (Å²) in [6.45, 7) is 7.30. The second-order valence-electron chi connectivity index (χ2n) is 11.6. The van der Waals surface area contributed by atoms with Gasteiger partial charge in [-0.25, -0.2) is 4.79 Å². The third-order valence-corrected chi connectivity index (χ3v) is 6.43. The number of aliphatic imine (C=N–C) groups is 1. The summed E-state index contributed by atoms with van der Waals surface area (Å²) in [5.74, 6) is -2.28. The molecule has 0 radical (unpaired) electrons. The van der Waals surface area contributed by atoms with E-state index in [1.165, 1.54) is 0 Å². The number of carbonyl (C=O) groups excluding carboxylic acids is 4.